The van der Waals surface area contributed by atoms with Crippen LogP contribution in [0.4, 0.5) is 10.1 Å². The minimum atomic E-state index is -1.16. The normalized spacial score (nSPS) is 31.2. The third-order valence-corrected chi connectivity index (χ3v) is 6.96. The van der Waals surface area contributed by atoms with Crippen molar-refractivity contribution >= 4 is 23.3 Å². The number of rotatable bonds is 2. The fraction of sp³-hybridized carbons (Fsp3) is 0.381. The summed E-state index contributed by atoms with van der Waals surface area (Å²) in [7, 11) is 0. The lowest BCUT2D eigenvalue weighted by Crippen LogP contribution is -2.36. The van der Waals surface area contributed by atoms with Crippen molar-refractivity contribution in [3.8, 4) is 0 Å². The Hall–Kier alpha value is -2.07. The number of carboxylic acid groups (broad SMARTS) is 1. The van der Waals surface area contributed by atoms with Crippen molar-refractivity contribution in [1.29, 1.82) is 0 Å². The first kappa shape index (κ1) is 16.1. The van der Waals surface area contributed by atoms with Gasteiger partial charge < -0.3 is 15.2 Å². The van der Waals surface area contributed by atoms with Crippen LogP contribution in [-0.2, 0) is 0 Å². The first-order valence-corrected chi connectivity index (χ1v) is 9.48. The number of fused-ring (bicyclic) bond motifs is 7. The van der Waals surface area contributed by atoms with Crippen LogP contribution in [0.1, 0.15) is 52.7 Å². The van der Waals surface area contributed by atoms with E-state index in [9.17, 15) is 14.3 Å². The van der Waals surface area contributed by atoms with Gasteiger partial charge in [-0.3, -0.25) is 0 Å². The molecular weight excluding hydrogens is 353 g/mol. The highest BCUT2D eigenvalue weighted by Crippen LogP contribution is 2.64. The van der Waals surface area contributed by atoms with Gasteiger partial charge in [0, 0.05) is 16.3 Å². The third kappa shape index (κ3) is 2.21. The van der Waals surface area contributed by atoms with E-state index < -0.39 is 5.97 Å². The van der Waals surface area contributed by atoms with Crippen molar-refractivity contribution in [3.63, 3.8) is 0 Å². The van der Waals surface area contributed by atoms with Crippen molar-refractivity contribution in [2.75, 3.05) is 5.32 Å². The number of carboxylic acids is 1. The van der Waals surface area contributed by atoms with Crippen LogP contribution in [0, 0.1) is 23.6 Å². The van der Waals surface area contributed by atoms with Gasteiger partial charge in [-0.25, -0.2) is 4.39 Å². The average molecular weight is 371 g/mol. The molecule has 2 aliphatic carbocycles. The number of anilines is 1. The Bertz CT molecular complexity index is 895. The SMILES string of the molecule is O=C([O-])c1ccc2c(c1)[C@H]1[C@H]3CC[C@H](C3)[C@@H]1[C@@H](c1c(F)cccc1Cl)N2. The minimum absolute atomic E-state index is 0.190. The maximum atomic E-state index is 14.7. The maximum absolute atomic E-state index is 14.7. The molecule has 2 bridgehead atoms. The lowest BCUT2D eigenvalue weighted by molar-refractivity contribution is -0.255. The second kappa shape index (κ2) is 5.71. The molecule has 5 rings (SSSR count). The minimum Gasteiger partial charge on any atom is -0.545 e. The van der Waals surface area contributed by atoms with E-state index in [0.29, 0.717) is 22.4 Å². The van der Waals surface area contributed by atoms with Gasteiger partial charge in [0.2, 0.25) is 0 Å². The van der Waals surface area contributed by atoms with E-state index in [0.717, 1.165) is 30.5 Å². The Morgan fingerprint density at radius 3 is 2.77 bits per heavy atom. The van der Waals surface area contributed by atoms with E-state index in [4.69, 9.17) is 11.6 Å². The number of carbonyl (C=O) groups is 1. The van der Waals surface area contributed by atoms with Crippen molar-refractivity contribution in [3.05, 3.63) is 63.9 Å². The zero-order valence-electron chi connectivity index (χ0n) is 14.0. The van der Waals surface area contributed by atoms with Crippen LogP contribution < -0.4 is 10.4 Å². The monoisotopic (exact) mass is 370 g/mol. The molecule has 0 saturated heterocycles. The fourth-order valence-electron chi connectivity index (χ4n) is 5.71. The molecule has 3 aliphatic rings. The second-order valence-corrected chi connectivity index (χ2v) is 8.19. The molecule has 1 heterocycles. The summed E-state index contributed by atoms with van der Waals surface area (Å²) in [5.74, 6) is 0.0598. The van der Waals surface area contributed by atoms with E-state index in [1.165, 1.54) is 6.07 Å². The van der Waals surface area contributed by atoms with Crippen LogP contribution in [0.25, 0.3) is 0 Å². The third-order valence-electron chi connectivity index (χ3n) is 6.63. The molecule has 1 N–H and O–H groups in total. The summed E-state index contributed by atoms with van der Waals surface area (Å²) in [5, 5.41) is 15.2. The van der Waals surface area contributed by atoms with Gasteiger partial charge in [0.25, 0.3) is 0 Å². The van der Waals surface area contributed by atoms with E-state index in [1.807, 2.05) is 0 Å². The molecule has 26 heavy (non-hydrogen) atoms. The molecule has 5 atom stereocenters. The van der Waals surface area contributed by atoms with Crippen LogP contribution in [-0.4, -0.2) is 5.97 Å². The summed E-state index contributed by atoms with van der Waals surface area (Å²) in [6.07, 6.45) is 3.42. The van der Waals surface area contributed by atoms with Gasteiger partial charge in [0.15, 0.2) is 0 Å². The summed E-state index contributed by atoms with van der Waals surface area (Å²) in [6, 6.07) is 9.71. The van der Waals surface area contributed by atoms with Crippen molar-refractivity contribution in [2.24, 2.45) is 17.8 Å². The highest BCUT2D eigenvalue weighted by Gasteiger charge is 2.54. The second-order valence-electron chi connectivity index (χ2n) is 7.78. The molecule has 134 valence electrons. The Morgan fingerprint density at radius 2 is 2.00 bits per heavy atom. The zero-order valence-corrected chi connectivity index (χ0v) is 14.8. The molecule has 0 amide bonds. The van der Waals surface area contributed by atoms with Crippen molar-refractivity contribution in [1.82, 2.24) is 0 Å². The lowest BCUT2D eigenvalue weighted by Gasteiger charge is -2.44. The molecular formula is C21H18ClFNO2-. The summed E-state index contributed by atoms with van der Waals surface area (Å²) >= 11 is 6.38. The first-order valence-electron chi connectivity index (χ1n) is 9.10. The van der Waals surface area contributed by atoms with Crippen LogP contribution in [0.5, 0.6) is 0 Å². The summed E-state index contributed by atoms with van der Waals surface area (Å²) < 4.78 is 14.7. The number of hydrogen-bond donors (Lipinski definition) is 1. The van der Waals surface area contributed by atoms with Gasteiger partial charge in [-0.1, -0.05) is 23.7 Å². The standard InChI is InChI=1S/C21H19ClFNO2/c22-14-2-1-3-15(23)19(14)20-18-11-5-4-10(8-11)17(18)13-9-12(21(25)26)6-7-16(13)24-20/h1-3,6-7,9-11,17-18,20,24H,4-5,8H2,(H,25,26)/p-1/t10-,11+,17+,18-,20-/m0/s1. The van der Waals surface area contributed by atoms with Crippen LogP contribution in [0.3, 0.4) is 0 Å². The van der Waals surface area contributed by atoms with Gasteiger partial charge in [-0.15, -0.1) is 0 Å². The molecule has 3 nitrogen and oxygen atoms in total. The molecule has 5 heteroatoms. The predicted octanol–water partition coefficient (Wildman–Crippen LogP) is 4.14. The van der Waals surface area contributed by atoms with Gasteiger partial charge in [-0.2, -0.15) is 0 Å². The highest BCUT2D eigenvalue weighted by molar-refractivity contribution is 6.31. The average Bonchev–Trinajstić information content (AvgIpc) is 3.23. The Morgan fingerprint density at radius 1 is 1.19 bits per heavy atom. The molecule has 0 aromatic heterocycles. The molecule has 0 unspecified atom stereocenters. The van der Waals surface area contributed by atoms with E-state index in [1.54, 1.807) is 30.3 Å². The maximum Gasteiger partial charge on any atom is 0.129 e. The van der Waals surface area contributed by atoms with Gasteiger partial charge in [0.05, 0.1) is 12.0 Å². The largest absolute Gasteiger partial charge is 0.545 e. The van der Waals surface area contributed by atoms with Crippen LogP contribution in [0.2, 0.25) is 5.02 Å². The summed E-state index contributed by atoms with van der Waals surface area (Å²) in [6.45, 7) is 0. The van der Waals surface area contributed by atoms with Crippen molar-refractivity contribution in [2.45, 2.75) is 31.2 Å². The molecule has 2 aromatic carbocycles. The Kier molecular flexibility index (Phi) is 3.54. The molecule has 0 spiro atoms. The van der Waals surface area contributed by atoms with Gasteiger partial charge >= 0.3 is 0 Å². The Labute approximate surface area is 156 Å². The number of aromatic carboxylic acids is 1. The zero-order chi connectivity index (χ0) is 18.0. The number of benzene rings is 2. The van der Waals surface area contributed by atoms with E-state index in [2.05, 4.69) is 5.32 Å². The number of halogens is 2. The van der Waals surface area contributed by atoms with Gasteiger partial charge in [0.1, 0.15) is 5.82 Å². The molecule has 0 radical (unpaired) electrons. The van der Waals surface area contributed by atoms with Crippen molar-refractivity contribution < 1.29 is 14.3 Å². The topological polar surface area (TPSA) is 52.2 Å². The lowest BCUT2D eigenvalue weighted by atomic mass is 9.68. The quantitative estimate of drug-likeness (QED) is 0.864. The number of carbonyl (C=O) groups excluding carboxylic acids is 1. The van der Waals surface area contributed by atoms with E-state index >= 15 is 0 Å². The first-order chi connectivity index (χ1) is 12.5. The van der Waals surface area contributed by atoms with Gasteiger partial charge in [-0.05, 0) is 78.3 Å². The highest BCUT2D eigenvalue weighted by atomic mass is 35.5. The molecule has 1 aliphatic heterocycles. The Balaban J connectivity index is 1.67. The van der Waals surface area contributed by atoms with E-state index in [-0.39, 0.29) is 29.3 Å². The number of nitrogens with one attached hydrogen (secondary N) is 1. The fourth-order valence-corrected chi connectivity index (χ4v) is 5.99. The van der Waals surface area contributed by atoms with Crippen LogP contribution in [0.15, 0.2) is 36.4 Å². The molecule has 2 saturated carbocycles. The molecule has 2 aromatic rings. The molecule has 2 fully saturated rings. The number of hydrogen-bond acceptors (Lipinski definition) is 3. The van der Waals surface area contributed by atoms with Crippen LogP contribution >= 0.6 is 11.6 Å². The predicted molar refractivity (Wildman–Crippen MR) is 95.6 cm³/mol. The summed E-state index contributed by atoms with van der Waals surface area (Å²) in [4.78, 5) is 11.3. The smallest absolute Gasteiger partial charge is 0.129 e. The summed E-state index contributed by atoms with van der Waals surface area (Å²) in [5.41, 5.74) is 2.65.